The van der Waals surface area contributed by atoms with Gasteiger partial charge in [0.1, 0.15) is 5.76 Å². The minimum Gasteiger partial charge on any atom is -0.381 e. The molecule has 0 aromatic rings. The molecule has 0 aliphatic heterocycles. The number of alkyl halides is 3. The van der Waals surface area contributed by atoms with Crippen LogP contribution in [0.1, 0.15) is 51.9 Å². The Morgan fingerprint density at radius 1 is 1.37 bits per heavy atom. The van der Waals surface area contributed by atoms with Gasteiger partial charge in [0.05, 0.1) is 0 Å². The summed E-state index contributed by atoms with van der Waals surface area (Å²) in [6.45, 7) is 2.03. The summed E-state index contributed by atoms with van der Waals surface area (Å²) in [6, 6.07) is 0. The minimum atomic E-state index is -5.53. The van der Waals surface area contributed by atoms with Crippen LogP contribution >= 0.6 is 0 Å². The summed E-state index contributed by atoms with van der Waals surface area (Å²) in [5.74, 6) is 0.0526. The van der Waals surface area contributed by atoms with Gasteiger partial charge in [-0.3, -0.25) is 0 Å². The lowest BCUT2D eigenvalue weighted by Crippen LogP contribution is -2.25. The fraction of sp³-hybridized carbons (Fsp3) is 0.833. The standard InChI is InChI=1S/C12H19F3O3S/c1-2-3-6-10-7-4-5-8-11(9-10)18-19(16,17)12(13,14)15/h9-10H,2-8H2,1H3/t10-/m0/s1. The zero-order chi connectivity index (χ0) is 14.5. The first-order valence-corrected chi connectivity index (χ1v) is 7.88. The van der Waals surface area contributed by atoms with Gasteiger partial charge in [-0.2, -0.15) is 21.6 Å². The number of halogens is 3. The molecule has 0 bridgehead atoms. The van der Waals surface area contributed by atoms with Crippen LogP contribution in [0, 0.1) is 5.92 Å². The van der Waals surface area contributed by atoms with Gasteiger partial charge in [-0.25, -0.2) is 0 Å². The Morgan fingerprint density at radius 3 is 2.63 bits per heavy atom. The number of unbranched alkanes of at least 4 members (excludes halogenated alkanes) is 1. The SMILES string of the molecule is CCCC[C@@H]1C=C(OS(=O)(=O)C(F)(F)F)CCCC1. The molecule has 1 rings (SSSR count). The van der Waals surface area contributed by atoms with E-state index in [2.05, 4.69) is 4.18 Å². The molecule has 19 heavy (non-hydrogen) atoms. The van der Waals surface area contributed by atoms with Crippen molar-refractivity contribution in [3.05, 3.63) is 11.8 Å². The van der Waals surface area contributed by atoms with Crippen LogP contribution in [-0.2, 0) is 14.3 Å². The van der Waals surface area contributed by atoms with E-state index in [4.69, 9.17) is 0 Å². The Balaban J connectivity index is 2.77. The van der Waals surface area contributed by atoms with Crippen molar-refractivity contribution in [3.63, 3.8) is 0 Å². The van der Waals surface area contributed by atoms with E-state index in [9.17, 15) is 21.6 Å². The molecule has 0 saturated heterocycles. The van der Waals surface area contributed by atoms with Gasteiger partial charge >= 0.3 is 15.6 Å². The lowest BCUT2D eigenvalue weighted by molar-refractivity contribution is -0.0523. The summed E-state index contributed by atoms with van der Waals surface area (Å²) in [5.41, 5.74) is -5.36. The van der Waals surface area contributed by atoms with Gasteiger partial charge in [-0.05, 0) is 31.3 Å². The molecule has 0 radical (unpaired) electrons. The van der Waals surface area contributed by atoms with Crippen LogP contribution in [0.2, 0.25) is 0 Å². The summed E-state index contributed by atoms with van der Waals surface area (Å²) in [5, 5.41) is 0. The average Bonchev–Trinajstić information content (AvgIpc) is 2.49. The van der Waals surface area contributed by atoms with Gasteiger partial charge in [-0.15, -0.1) is 0 Å². The smallest absolute Gasteiger partial charge is 0.381 e. The van der Waals surface area contributed by atoms with E-state index in [1.165, 1.54) is 0 Å². The van der Waals surface area contributed by atoms with Crippen LogP contribution in [0.5, 0.6) is 0 Å². The maximum absolute atomic E-state index is 12.2. The summed E-state index contributed by atoms with van der Waals surface area (Å²) in [7, 11) is -5.53. The van der Waals surface area contributed by atoms with Gasteiger partial charge in [0.2, 0.25) is 0 Å². The van der Waals surface area contributed by atoms with E-state index in [1.54, 1.807) is 6.08 Å². The lowest BCUT2D eigenvalue weighted by Gasteiger charge is -2.13. The highest BCUT2D eigenvalue weighted by Crippen LogP contribution is 2.31. The van der Waals surface area contributed by atoms with Crippen molar-refractivity contribution in [1.29, 1.82) is 0 Å². The molecular formula is C12H19F3O3S. The second kappa shape index (κ2) is 6.63. The third-order valence-electron chi connectivity index (χ3n) is 3.10. The third kappa shape index (κ3) is 5.04. The zero-order valence-corrected chi connectivity index (χ0v) is 11.7. The summed E-state index contributed by atoms with van der Waals surface area (Å²) < 4.78 is 62.9. The van der Waals surface area contributed by atoms with Crippen LogP contribution in [0.25, 0.3) is 0 Å². The van der Waals surface area contributed by atoms with Crippen molar-refractivity contribution in [2.45, 2.75) is 57.4 Å². The average molecular weight is 300 g/mol. The van der Waals surface area contributed by atoms with E-state index in [0.29, 0.717) is 6.42 Å². The Bertz CT molecular complexity index is 412. The number of rotatable bonds is 5. The highest BCUT2D eigenvalue weighted by atomic mass is 32.2. The van der Waals surface area contributed by atoms with Crippen LogP contribution < -0.4 is 0 Å². The predicted molar refractivity (Wildman–Crippen MR) is 65.6 cm³/mol. The normalized spacial score (nSPS) is 21.7. The van der Waals surface area contributed by atoms with Gasteiger partial charge in [0, 0.05) is 6.42 Å². The number of allylic oxidation sites excluding steroid dienone is 2. The van der Waals surface area contributed by atoms with E-state index in [0.717, 1.165) is 32.1 Å². The summed E-state index contributed by atoms with van der Waals surface area (Å²) in [4.78, 5) is 0. The first kappa shape index (κ1) is 16.3. The molecule has 0 heterocycles. The van der Waals surface area contributed by atoms with Crippen molar-refractivity contribution < 1.29 is 25.8 Å². The van der Waals surface area contributed by atoms with Gasteiger partial charge in [-0.1, -0.05) is 26.2 Å². The fourth-order valence-corrected chi connectivity index (χ4v) is 2.60. The van der Waals surface area contributed by atoms with Gasteiger partial charge in [0.25, 0.3) is 0 Å². The van der Waals surface area contributed by atoms with E-state index in [1.807, 2.05) is 6.92 Å². The Hall–Kier alpha value is -0.720. The van der Waals surface area contributed by atoms with E-state index >= 15 is 0 Å². The molecule has 0 fully saturated rings. The van der Waals surface area contributed by atoms with Crippen LogP contribution in [-0.4, -0.2) is 13.9 Å². The van der Waals surface area contributed by atoms with Crippen LogP contribution in [0.4, 0.5) is 13.2 Å². The molecule has 0 saturated carbocycles. The molecular weight excluding hydrogens is 281 g/mol. The molecule has 1 aliphatic carbocycles. The monoisotopic (exact) mass is 300 g/mol. The fourth-order valence-electron chi connectivity index (χ4n) is 2.09. The molecule has 112 valence electrons. The quantitative estimate of drug-likeness (QED) is 0.566. The Labute approximate surface area is 112 Å². The predicted octanol–water partition coefficient (Wildman–Crippen LogP) is 4.12. The molecule has 0 unspecified atom stereocenters. The van der Waals surface area contributed by atoms with Crippen LogP contribution in [0.3, 0.4) is 0 Å². The van der Waals surface area contributed by atoms with Crippen molar-refractivity contribution >= 4 is 10.1 Å². The van der Waals surface area contributed by atoms with Crippen molar-refractivity contribution in [1.82, 2.24) is 0 Å². The minimum absolute atomic E-state index is 0.0593. The molecule has 0 N–H and O–H groups in total. The van der Waals surface area contributed by atoms with Crippen molar-refractivity contribution in [3.8, 4) is 0 Å². The third-order valence-corrected chi connectivity index (χ3v) is 4.10. The summed E-state index contributed by atoms with van der Waals surface area (Å²) in [6.07, 6.45) is 7.05. The van der Waals surface area contributed by atoms with Gasteiger partial charge in [0.15, 0.2) is 0 Å². The Morgan fingerprint density at radius 2 is 2.05 bits per heavy atom. The van der Waals surface area contributed by atoms with E-state index in [-0.39, 0.29) is 18.1 Å². The molecule has 1 atom stereocenters. The first-order chi connectivity index (χ1) is 8.76. The number of hydrogen-bond acceptors (Lipinski definition) is 3. The zero-order valence-electron chi connectivity index (χ0n) is 10.9. The maximum atomic E-state index is 12.2. The van der Waals surface area contributed by atoms with E-state index < -0.39 is 15.6 Å². The number of hydrogen-bond donors (Lipinski definition) is 0. The van der Waals surface area contributed by atoms with Crippen molar-refractivity contribution in [2.75, 3.05) is 0 Å². The second-order valence-electron chi connectivity index (χ2n) is 4.76. The highest BCUT2D eigenvalue weighted by molar-refractivity contribution is 7.87. The lowest BCUT2D eigenvalue weighted by atomic mass is 9.97. The van der Waals surface area contributed by atoms with Gasteiger partial charge < -0.3 is 4.18 Å². The maximum Gasteiger partial charge on any atom is 0.534 e. The highest BCUT2D eigenvalue weighted by Gasteiger charge is 2.48. The molecule has 0 aromatic heterocycles. The summed E-state index contributed by atoms with van der Waals surface area (Å²) >= 11 is 0. The second-order valence-corrected chi connectivity index (χ2v) is 6.30. The largest absolute Gasteiger partial charge is 0.534 e. The molecule has 7 heteroatoms. The molecule has 0 amide bonds. The Kier molecular flexibility index (Phi) is 5.70. The van der Waals surface area contributed by atoms with Crippen LogP contribution in [0.15, 0.2) is 11.8 Å². The molecule has 1 aliphatic rings. The topological polar surface area (TPSA) is 43.4 Å². The molecule has 0 spiro atoms. The molecule has 3 nitrogen and oxygen atoms in total. The first-order valence-electron chi connectivity index (χ1n) is 6.47. The molecule has 0 aromatic carbocycles. The van der Waals surface area contributed by atoms with Crippen molar-refractivity contribution in [2.24, 2.45) is 5.92 Å².